The smallest absolute Gasteiger partial charge is 0.348 e. The van der Waals surface area contributed by atoms with Crippen molar-refractivity contribution in [1.29, 1.82) is 0 Å². The Morgan fingerprint density at radius 3 is 2.48 bits per heavy atom. The van der Waals surface area contributed by atoms with Gasteiger partial charge in [-0.2, -0.15) is 0 Å². The SMILES string of the molecule is CC(=O)Nc1nc(-c2ccc(F)c(F)c2F)c(C(=O)O)s1. The van der Waals surface area contributed by atoms with Gasteiger partial charge in [-0.25, -0.2) is 22.9 Å². The Kier molecular flexibility index (Phi) is 3.94. The predicted octanol–water partition coefficient (Wildman–Crippen LogP) is 2.88. The number of carbonyl (C=O) groups is 2. The molecular formula is C12H7F3N2O3S. The monoisotopic (exact) mass is 316 g/mol. The molecule has 0 unspecified atom stereocenters. The Labute approximate surface area is 120 Å². The number of rotatable bonds is 3. The van der Waals surface area contributed by atoms with Crippen LogP contribution >= 0.6 is 11.3 Å². The standard InChI is InChI=1S/C12H7F3N2O3S/c1-4(18)16-12-17-9(10(21-12)11(19)20)5-2-3-6(13)8(15)7(5)14/h2-3H,1H3,(H,19,20)(H,16,17,18). The maximum atomic E-state index is 13.7. The van der Waals surface area contributed by atoms with Crippen molar-refractivity contribution in [1.82, 2.24) is 4.98 Å². The van der Waals surface area contributed by atoms with Crippen LogP contribution in [0, 0.1) is 17.5 Å². The van der Waals surface area contributed by atoms with Gasteiger partial charge in [-0.3, -0.25) is 4.79 Å². The van der Waals surface area contributed by atoms with Crippen LogP contribution in [-0.2, 0) is 4.79 Å². The van der Waals surface area contributed by atoms with Crippen molar-refractivity contribution < 1.29 is 27.9 Å². The van der Waals surface area contributed by atoms with Gasteiger partial charge < -0.3 is 10.4 Å². The molecule has 1 amide bonds. The molecule has 0 spiro atoms. The van der Waals surface area contributed by atoms with E-state index in [1.54, 1.807) is 0 Å². The lowest BCUT2D eigenvalue weighted by atomic mass is 10.1. The van der Waals surface area contributed by atoms with Gasteiger partial charge in [0.2, 0.25) is 5.91 Å². The van der Waals surface area contributed by atoms with Crippen LogP contribution in [0.2, 0.25) is 0 Å². The Hall–Kier alpha value is -2.42. The highest BCUT2D eigenvalue weighted by Gasteiger charge is 2.24. The number of benzene rings is 1. The molecule has 1 aromatic heterocycles. The van der Waals surface area contributed by atoms with Crippen molar-refractivity contribution in [2.45, 2.75) is 6.92 Å². The molecule has 0 aliphatic rings. The van der Waals surface area contributed by atoms with Crippen LogP contribution in [-0.4, -0.2) is 22.0 Å². The summed E-state index contributed by atoms with van der Waals surface area (Å²) in [6, 6.07) is 1.55. The van der Waals surface area contributed by atoms with E-state index in [1.165, 1.54) is 6.92 Å². The minimum atomic E-state index is -1.72. The van der Waals surface area contributed by atoms with Crippen LogP contribution in [0.25, 0.3) is 11.3 Å². The zero-order valence-electron chi connectivity index (χ0n) is 10.4. The first-order valence-electron chi connectivity index (χ1n) is 5.46. The van der Waals surface area contributed by atoms with Gasteiger partial charge >= 0.3 is 5.97 Å². The maximum absolute atomic E-state index is 13.7. The first-order valence-corrected chi connectivity index (χ1v) is 6.28. The summed E-state index contributed by atoms with van der Waals surface area (Å²) in [4.78, 5) is 25.4. The third kappa shape index (κ3) is 2.87. The van der Waals surface area contributed by atoms with Gasteiger partial charge in [0, 0.05) is 12.5 Å². The van der Waals surface area contributed by atoms with E-state index < -0.39 is 39.8 Å². The Morgan fingerprint density at radius 2 is 1.90 bits per heavy atom. The van der Waals surface area contributed by atoms with Crippen molar-refractivity contribution in [3.05, 3.63) is 34.5 Å². The highest BCUT2D eigenvalue weighted by Crippen LogP contribution is 2.33. The molecule has 2 aromatic rings. The predicted molar refractivity (Wildman–Crippen MR) is 68.7 cm³/mol. The molecule has 110 valence electrons. The van der Waals surface area contributed by atoms with Crippen LogP contribution in [0.15, 0.2) is 12.1 Å². The number of nitrogens with zero attached hydrogens (tertiary/aromatic N) is 1. The Balaban J connectivity index is 2.62. The van der Waals surface area contributed by atoms with Crippen molar-refractivity contribution in [2.24, 2.45) is 0 Å². The van der Waals surface area contributed by atoms with Crippen molar-refractivity contribution in [3.8, 4) is 11.3 Å². The number of carboxylic acids is 1. The van der Waals surface area contributed by atoms with E-state index >= 15 is 0 Å². The van der Waals surface area contributed by atoms with E-state index in [-0.39, 0.29) is 10.8 Å². The summed E-state index contributed by atoms with van der Waals surface area (Å²) >= 11 is 0.584. The second kappa shape index (κ2) is 5.52. The topological polar surface area (TPSA) is 79.3 Å². The second-order valence-corrected chi connectivity index (χ2v) is 4.91. The number of halogens is 3. The summed E-state index contributed by atoms with van der Waals surface area (Å²) in [6.07, 6.45) is 0. The van der Waals surface area contributed by atoms with Crippen LogP contribution < -0.4 is 5.32 Å². The van der Waals surface area contributed by atoms with Crippen molar-refractivity contribution >= 4 is 28.3 Å². The van der Waals surface area contributed by atoms with E-state index in [2.05, 4.69) is 10.3 Å². The van der Waals surface area contributed by atoms with Crippen LogP contribution in [0.4, 0.5) is 18.3 Å². The number of carboxylic acid groups (broad SMARTS) is 1. The molecule has 2 N–H and O–H groups in total. The lowest BCUT2D eigenvalue weighted by Gasteiger charge is -2.03. The van der Waals surface area contributed by atoms with Gasteiger partial charge in [0.25, 0.3) is 0 Å². The van der Waals surface area contributed by atoms with E-state index in [4.69, 9.17) is 5.11 Å². The fourth-order valence-electron chi connectivity index (χ4n) is 1.56. The number of amides is 1. The number of aromatic carboxylic acids is 1. The lowest BCUT2D eigenvalue weighted by molar-refractivity contribution is -0.114. The molecule has 0 bridgehead atoms. The quantitative estimate of drug-likeness (QED) is 0.853. The average Bonchev–Trinajstić information content (AvgIpc) is 2.79. The number of carbonyl (C=O) groups excluding carboxylic acids is 1. The fourth-order valence-corrected chi connectivity index (χ4v) is 2.43. The summed E-state index contributed by atoms with van der Waals surface area (Å²) in [5.41, 5.74) is -0.883. The summed E-state index contributed by atoms with van der Waals surface area (Å²) < 4.78 is 39.9. The third-order valence-electron chi connectivity index (χ3n) is 2.39. The molecule has 1 heterocycles. The Bertz CT molecular complexity index is 746. The number of nitrogens with one attached hydrogen (secondary N) is 1. The maximum Gasteiger partial charge on any atom is 0.348 e. The molecule has 9 heteroatoms. The number of aromatic nitrogens is 1. The summed E-state index contributed by atoms with van der Waals surface area (Å²) in [6.45, 7) is 1.18. The summed E-state index contributed by atoms with van der Waals surface area (Å²) in [7, 11) is 0. The first-order chi connectivity index (χ1) is 9.81. The molecule has 2 rings (SSSR count). The van der Waals surface area contributed by atoms with Gasteiger partial charge in [-0.1, -0.05) is 11.3 Å². The summed E-state index contributed by atoms with van der Waals surface area (Å²) in [5.74, 6) is -6.60. The zero-order valence-corrected chi connectivity index (χ0v) is 11.2. The van der Waals surface area contributed by atoms with E-state index in [1.807, 2.05) is 0 Å². The van der Waals surface area contributed by atoms with Crippen LogP contribution in [0.5, 0.6) is 0 Å². The number of hydrogen-bond acceptors (Lipinski definition) is 4. The molecule has 5 nitrogen and oxygen atoms in total. The number of anilines is 1. The molecule has 0 aliphatic carbocycles. The average molecular weight is 316 g/mol. The largest absolute Gasteiger partial charge is 0.477 e. The molecular weight excluding hydrogens is 309 g/mol. The van der Waals surface area contributed by atoms with Gasteiger partial charge in [-0.15, -0.1) is 0 Å². The highest BCUT2D eigenvalue weighted by molar-refractivity contribution is 7.18. The van der Waals surface area contributed by atoms with Gasteiger partial charge in [0.1, 0.15) is 10.6 Å². The molecule has 0 atom stereocenters. The fraction of sp³-hybridized carbons (Fsp3) is 0.0833. The normalized spacial score (nSPS) is 10.5. The molecule has 0 radical (unpaired) electrons. The third-order valence-corrected chi connectivity index (χ3v) is 3.35. The number of thiazole rings is 1. The molecule has 21 heavy (non-hydrogen) atoms. The van der Waals surface area contributed by atoms with Crippen molar-refractivity contribution in [3.63, 3.8) is 0 Å². The van der Waals surface area contributed by atoms with Gasteiger partial charge in [0.05, 0.1) is 0 Å². The zero-order chi connectivity index (χ0) is 15.7. The Morgan fingerprint density at radius 1 is 1.24 bits per heavy atom. The lowest BCUT2D eigenvalue weighted by Crippen LogP contribution is -2.05. The first kappa shape index (κ1) is 15.0. The molecule has 0 saturated carbocycles. The molecule has 0 fully saturated rings. The minimum absolute atomic E-state index is 0.0842. The second-order valence-electron chi connectivity index (χ2n) is 3.91. The summed E-state index contributed by atoms with van der Waals surface area (Å²) in [5, 5.41) is 11.2. The van der Waals surface area contributed by atoms with Crippen molar-refractivity contribution in [2.75, 3.05) is 5.32 Å². The van der Waals surface area contributed by atoms with E-state index in [9.17, 15) is 22.8 Å². The van der Waals surface area contributed by atoms with E-state index in [0.717, 1.165) is 6.07 Å². The molecule has 1 aromatic carbocycles. The van der Waals surface area contributed by atoms with E-state index in [0.29, 0.717) is 17.4 Å². The number of hydrogen-bond donors (Lipinski definition) is 2. The molecule has 0 saturated heterocycles. The molecule has 0 aliphatic heterocycles. The van der Waals surface area contributed by atoms with Gasteiger partial charge in [-0.05, 0) is 12.1 Å². The van der Waals surface area contributed by atoms with Gasteiger partial charge in [0.15, 0.2) is 22.6 Å². The highest BCUT2D eigenvalue weighted by atomic mass is 32.1. The van der Waals surface area contributed by atoms with Crippen LogP contribution in [0.1, 0.15) is 16.6 Å². The minimum Gasteiger partial charge on any atom is -0.477 e. The van der Waals surface area contributed by atoms with Crippen LogP contribution in [0.3, 0.4) is 0 Å².